The van der Waals surface area contributed by atoms with Crippen LogP contribution in [0.15, 0.2) is 114 Å². The number of esters is 1. The molecule has 0 fully saturated rings. The number of nitrogens with zero attached hydrogens (tertiary/aromatic N) is 2. The summed E-state index contributed by atoms with van der Waals surface area (Å²) in [6.45, 7) is 5.61. The maximum absolute atomic E-state index is 13.8. The Labute approximate surface area is 229 Å². The predicted octanol–water partition coefficient (Wildman–Crippen LogP) is 7.66. The summed E-state index contributed by atoms with van der Waals surface area (Å²) >= 11 is 0. The maximum atomic E-state index is 13.8. The number of nitriles is 1. The van der Waals surface area contributed by atoms with Crippen LogP contribution in [0.2, 0.25) is 0 Å². The molecule has 5 aromatic rings. The smallest absolute Gasteiger partial charge is 0.331 e. The van der Waals surface area contributed by atoms with Crippen molar-refractivity contribution < 1.29 is 9.53 Å². The molecule has 39 heavy (non-hydrogen) atoms. The molecule has 5 aromatic carbocycles. The fourth-order valence-electron chi connectivity index (χ4n) is 4.97. The van der Waals surface area contributed by atoms with Gasteiger partial charge in [-0.1, -0.05) is 109 Å². The monoisotopic (exact) mass is 510 g/mol. The number of carbonyl (C=O) groups excluding carboxylic acids is 1. The van der Waals surface area contributed by atoms with Gasteiger partial charge in [0.05, 0.1) is 11.3 Å². The van der Waals surface area contributed by atoms with E-state index >= 15 is 0 Å². The third-order valence-corrected chi connectivity index (χ3v) is 6.61. The Bertz CT molecular complexity index is 1610. The Hall–Kier alpha value is -4.75. The largest absolute Gasteiger partial charge is 0.458 e. The molecule has 0 saturated carbocycles. The molecule has 0 heterocycles. The summed E-state index contributed by atoms with van der Waals surface area (Å²) in [5, 5.41) is 13.7. The maximum Gasteiger partial charge on any atom is 0.331 e. The predicted molar refractivity (Wildman–Crippen MR) is 158 cm³/mol. The second kappa shape index (κ2) is 10.9. The SMILES string of the molecule is CC(C)(C)OC(=O)C(Cc1c2ccccc2c(C#N)c2ccccc12)N=C(c1ccccc1)c1ccccc1. The molecule has 1 atom stereocenters. The minimum atomic E-state index is -0.806. The minimum absolute atomic E-state index is 0.324. The first-order valence-corrected chi connectivity index (χ1v) is 13.1. The van der Waals surface area contributed by atoms with Crippen molar-refractivity contribution >= 4 is 33.2 Å². The van der Waals surface area contributed by atoms with Crippen molar-refractivity contribution in [1.29, 1.82) is 5.26 Å². The van der Waals surface area contributed by atoms with Crippen LogP contribution in [0.25, 0.3) is 21.5 Å². The molecule has 0 amide bonds. The Morgan fingerprint density at radius 3 is 1.62 bits per heavy atom. The Kier molecular flexibility index (Phi) is 7.25. The van der Waals surface area contributed by atoms with E-state index in [2.05, 4.69) is 6.07 Å². The highest BCUT2D eigenvalue weighted by atomic mass is 16.6. The van der Waals surface area contributed by atoms with E-state index in [0.29, 0.717) is 12.0 Å². The Balaban J connectivity index is 1.74. The van der Waals surface area contributed by atoms with Crippen molar-refractivity contribution in [2.75, 3.05) is 0 Å². The summed E-state index contributed by atoms with van der Waals surface area (Å²) in [7, 11) is 0. The van der Waals surface area contributed by atoms with Crippen molar-refractivity contribution in [3.8, 4) is 6.07 Å². The number of benzene rings is 5. The normalized spacial score (nSPS) is 12.1. The molecular formula is C35H30N2O2. The summed E-state index contributed by atoms with van der Waals surface area (Å²) in [6, 6.07) is 37.2. The molecule has 0 aliphatic rings. The third kappa shape index (κ3) is 5.58. The summed E-state index contributed by atoms with van der Waals surface area (Å²) in [5.74, 6) is -0.385. The first kappa shape index (κ1) is 25.9. The molecule has 0 aliphatic heterocycles. The van der Waals surface area contributed by atoms with Gasteiger partial charge in [0.25, 0.3) is 0 Å². The van der Waals surface area contributed by atoms with Gasteiger partial charge in [0, 0.05) is 28.3 Å². The van der Waals surface area contributed by atoms with Crippen LogP contribution >= 0.6 is 0 Å². The molecule has 1 unspecified atom stereocenters. The molecule has 0 spiro atoms. The van der Waals surface area contributed by atoms with Gasteiger partial charge in [-0.2, -0.15) is 5.26 Å². The van der Waals surface area contributed by atoms with Gasteiger partial charge in [0.2, 0.25) is 0 Å². The number of carbonyl (C=O) groups is 1. The van der Waals surface area contributed by atoms with E-state index < -0.39 is 11.6 Å². The molecule has 0 bridgehead atoms. The summed E-state index contributed by atoms with van der Waals surface area (Å²) in [6.07, 6.45) is 0.324. The number of aliphatic imine (C=N–C) groups is 1. The van der Waals surface area contributed by atoms with Crippen LogP contribution in [0.3, 0.4) is 0 Å². The number of ether oxygens (including phenoxy) is 1. The van der Waals surface area contributed by atoms with E-state index in [-0.39, 0.29) is 5.97 Å². The topological polar surface area (TPSA) is 62.5 Å². The van der Waals surface area contributed by atoms with Crippen molar-refractivity contribution in [2.24, 2.45) is 4.99 Å². The van der Waals surface area contributed by atoms with Crippen LogP contribution in [0.4, 0.5) is 0 Å². The molecule has 4 heteroatoms. The zero-order valence-electron chi connectivity index (χ0n) is 22.4. The zero-order chi connectivity index (χ0) is 27.4. The fraction of sp³-hybridized carbons (Fsp3) is 0.171. The van der Waals surface area contributed by atoms with E-state index in [9.17, 15) is 10.1 Å². The average Bonchev–Trinajstić information content (AvgIpc) is 2.95. The lowest BCUT2D eigenvalue weighted by atomic mass is 9.89. The van der Waals surface area contributed by atoms with Gasteiger partial charge in [-0.15, -0.1) is 0 Å². The van der Waals surface area contributed by atoms with Crippen LogP contribution in [-0.4, -0.2) is 23.3 Å². The molecule has 192 valence electrons. The lowest BCUT2D eigenvalue weighted by molar-refractivity contribution is -0.156. The van der Waals surface area contributed by atoms with E-state index in [1.165, 1.54) is 0 Å². The van der Waals surface area contributed by atoms with Gasteiger partial charge in [-0.05, 0) is 37.1 Å². The first-order valence-electron chi connectivity index (χ1n) is 13.1. The second-order valence-electron chi connectivity index (χ2n) is 10.5. The average molecular weight is 511 g/mol. The molecule has 0 radical (unpaired) electrons. The van der Waals surface area contributed by atoms with Crippen LogP contribution in [-0.2, 0) is 16.0 Å². The fourth-order valence-corrected chi connectivity index (χ4v) is 4.97. The lowest BCUT2D eigenvalue weighted by Gasteiger charge is -2.24. The lowest BCUT2D eigenvalue weighted by Crippen LogP contribution is -2.33. The van der Waals surface area contributed by atoms with E-state index in [0.717, 1.165) is 43.9 Å². The molecule has 4 nitrogen and oxygen atoms in total. The highest BCUT2D eigenvalue weighted by Crippen LogP contribution is 2.34. The second-order valence-corrected chi connectivity index (χ2v) is 10.5. The van der Waals surface area contributed by atoms with Gasteiger partial charge in [0.1, 0.15) is 11.7 Å². The van der Waals surface area contributed by atoms with Gasteiger partial charge in [-0.3, -0.25) is 4.99 Å². The molecule has 0 aliphatic carbocycles. The number of rotatable bonds is 6. The van der Waals surface area contributed by atoms with E-state index in [4.69, 9.17) is 9.73 Å². The van der Waals surface area contributed by atoms with Crippen molar-refractivity contribution in [1.82, 2.24) is 0 Å². The number of hydrogen-bond acceptors (Lipinski definition) is 4. The van der Waals surface area contributed by atoms with Crippen molar-refractivity contribution in [2.45, 2.75) is 38.8 Å². The summed E-state index contributed by atoms with van der Waals surface area (Å²) in [4.78, 5) is 18.9. The molecular weight excluding hydrogens is 480 g/mol. The molecule has 5 rings (SSSR count). The molecule has 0 N–H and O–H groups in total. The van der Waals surface area contributed by atoms with E-state index in [1.54, 1.807) is 0 Å². The highest BCUT2D eigenvalue weighted by Gasteiger charge is 2.28. The van der Waals surface area contributed by atoms with Gasteiger partial charge in [0.15, 0.2) is 6.04 Å². The highest BCUT2D eigenvalue weighted by molar-refractivity contribution is 6.14. The van der Waals surface area contributed by atoms with Crippen LogP contribution < -0.4 is 0 Å². The summed E-state index contributed by atoms with van der Waals surface area (Å²) in [5.41, 5.74) is 3.52. The quantitative estimate of drug-likeness (QED) is 0.134. The standard InChI is InChI=1S/C35H30N2O2/c1-35(2,3)39-34(38)32(37-33(24-14-6-4-7-15-24)25-16-8-5-9-17-25)22-30-26-18-10-12-20-28(26)31(23-36)29-21-13-11-19-27(29)30/h4-21,32H,22H2,1-3H3. The Morgan fingerprint density at radius 2 is 1.18 bits per heavy atom. The molecule has 0 aromatic heterocycles. The van der Waals surface area contributed by atoms with Gasteiger partial charge >= 0.3 is 5.97 Å². The summed E-state index contributed by atoms with van der Waals surface area (Å²) < 4.78 is 5.92. The van der Waals surface area contributed by atoms with Crippen molar-refractivity contribution in [3.63, 3.8) is 0 Å². The first-order chi connectivity index (χ1) is 18.9. The van der Waals surface area contributed by atoms with E-state index in [1.807, 2.05) is 130 Å². The van der Waals surface area contributed by atoms with Crippen LogP contribution in [0.5, 0.6) is 0 Å². The van der Waals surface area contributed by atoms with Crippen molar-refractivity contribution in [3.05, 3.63) is 131 Å². The Morgan fingerprint density at radius 1 is 0.744 bits per heavy atom. The molecule has 0 saturated heterocycles. The third-order valence-electron chi connectivity index (χ3n) is 6.61. The number of fused-ring (bicyclic) bond motifs is 2. The minimum Gasteiger partial charge on any atom is -0.458 e. The van der Waals surface area contributed by atoms with Crippen LogP contribution in [0, 0.1) is 11.3 Å². The van der Waals surface area contributed by atoms with Crippen LogP contribution in [0.1, 0.15) is 43.0 Å². The van der Waals surface area contributed by atoms with Gasteiger partial charge < -0.3 is 4.74 Å². The van der Waals surface area contributed by atoms with Gasteiger partial charge in [-0.25, -0.2) is 4.79 Å². The zero-order valence-corrected chi connectivity index (χ0v) is 22.4. The number of hydrogen-bond donors (Lipinski definition) is 0.